The van der Waals surface area contributed by atoms with Gasteiger partial charge in [-0.2, -0.15) is 0 Å². The normalized spacial score (nSPS) is 19.2. The van der Waals surface area contributed by atoms with Gasteiger partial charge < -0.3 is 39.4 Å². The SMILES string of the molecule is CCCCCCC/C=C\C/C=C\CCCCCCCCCCCCCCOCC(COC1OC(CO)C(O)C(O)C1O)OC(=O)CCCCCCCCCCCCCCCCCCCCCCC. The molecule has 1 rings (SSSR count). The summed E-state index contributed by atoms with van der Waals surface area (Å²) in [5.41, 5.74) is 0. The largest absolute Gasteiger partial charge is 0.457 e. The average molecular weight is 966 g/mol. The van der Waals surface area contributed by atoms with Crippen molar-refractivity contribution >= 4 is 5.97 Å². The lowest BCUT2D eigenvalue weighted by Crippen LogP contribution is -2.59. The Bertz CT molecular complexity index is 1100. The molecular weight excluding hydrogens is 853 g/mol. The fraction of sp³-hybridized carbons (Fsp3) is 0.915. The second-order valence-corrected chi connectivity index (χ2v) is 20.5. The third-order valence-electron chi connectivity index (χ3n) is 13.9. The molecule has 1 heterocycles. The van der Waals surface area contributed by atoms with Crippen LogP contribution in [0.25, 0.3) is 0 Å². The van der Waals surface area contributed by atoms with E-state index >= 15 is 0 Å². The van der Waals surface area contributed by atoms with Gasteiger partial charge in [0.05, 0.1) is 19.8 Å². The van der Waals surface area contributed by atoms with Crippen LogP contribution in [0.3, 0.4) is 0 Å². The first-order chi connectivity index (χ1) is 33.4. The number of unbranched alkanes of at least 4 members (excludes halogenated alkanes) is 37. The van der Waals surface area contributed by atoms with E-state index in [1.54, 1.807) is 0 Å². The van der Waals surface area contributed by atoms with E-state index in [9.17, 15) is 25.2 Å². The van der Waals surface area contributed by atoms with Crippen molar-refractivity contribution in [2.75, 3.05) is 26.4 Å². The molecule has 0 aromatic heterocycles. The Morgan fingerprint density at radius 2 is 0.853 bits per heavy atom. The first kappa shape index (κ1) is 64.7. The summed E-state index contributed by atoms with van der Waals surface area (Å²) < 4.78 is 23.0. The summed E-state index contributed by atoms with van der Waals surface area (Å²) in [4.78, 5) is 12.9. The molecule has 0 radical (unpaired) electrons. The minimum Gasteiger partial charge on any atom is -0.457 e. The number of ether oxygens (including phenoxy) is 4. The van der Waals surface area contributed by atoms with Crippen molar-refractivity contribution in [3.05, 3.63) is 24.3 Å². The van der Waals surface area contributed by atoms with Crippen molar-refractivity contribution in [1.29, 1.82) is 0 Å². The molecule has 402 valence electrons. The highest BCUT2D eigenvalue weighted by atomic mass is 16.7. The number of aliphatic hydroxyl groups excluding tert-OH is 4. The van der Waals surface area contributed by atoms with Crippen LogP contribution in [0.5, 0.6) is 0 Å². The Labute approximate surface area is 419 Å². The second kappa shape index (κ2) is 50.6. The van der Waals surface area contributed by atoms with Gasteiger partial charge in [-0.15, -0.1) is 0 Å². The summed E-state index contributed by atoms with van der Waals surface area (Å²) in [5, 5.41) is 40.4. The zero-order valence-electron chi connectivity index (χ0n) is 44.6. The number of rotatable bonds is 52. The summed E-state index contributed by atoms with van der Waals surface area (Å²) in [7, 11) is 0. The Hall–Kier alpha value is -1.33. The maximum absolute atomic E-state index is 12.9. The number of hydrogen-bond donors (Lipinski definition) is 4. The standard InChI is InChI=1S/C59H112O9/c1-3-5-7-9-11-13-15-17-19-21-23-25-26-27-29-31-33-35-37-39-41-43-45-47-49-65-51-53(52-66-59-58(64)57(63)56(62)54(50-60)68-59)67-55(61)48-46-44-42-40-38-36-34-32-30-28-24-22-20-18-16-14-12-10-8-6-4-2/h15,17,21,23,53-54,56-60,62-64H,3-14,16,18-20,22,24-52H2,1-2H3/b17-15-,23-21-. The van der Waals surface area contributed by atoms with E-state index in [-0.39, 0.29) is 19.2 Å². The zero-order chi connectivity index (χ0) is 49.2. The van der Waals surface area contributed by atoms with Gasteiger partial charge in [-0.25, -0.2) is 0 Å². The Morgan fingerprint density at radius 1 is 0.471 bits per heavy atom. The molecule has 1 aliphatic heterocycles. The Morgan fingerprint density at radius 3 is 1.26 bits per heavy atom. The maximum Gasteiger partial charge on any atom is 0.306 e. The van der Waals surface area contributed by atoms with E-state index in [1.807, 2.05) is 0 Å². The first-order valence-corrected chi connectivity index (χ1v) is 29.4. The molecule has 6 unspecified atom stereocenters. The minimum atomic E-state index is -1.53. The maximum atomic E-state index is 12.9. The number of hydrogen-bond acceptors (Lipinski definition) is 9. The van der Waals surface area contributed by atoms with Crippen LogP contribution in [-0.2, 0) is 23.7 Å². The third-order valence-corrected chi connectivity index (χ3v) is 13.9. The molecule has 0 aromatic carbocycles. The predicted octanol–water partition coefficient (Wildman–Crippen LogP) is 15.3. The summed E-state index contributed by atoms with van der Waals surface area (Å²) >= 11 is 0. The van der Waals surface area contributed by atoms with E-state index in [1.165, 1.54) is 225 Å². The monoisotopic (exact) mass is 965 g/mol. The molecule has 0 amide bonds. The summed E-state index contributed by atoms with van der Waals surface area (Å²) in [6, 6.07) is 0. The predicted molar refractivity (Wildman–Crippen MR) is 284 cm³/mol. The van der Waals surface area contributed by atoms with E-state index in [4.69, 9.17) is 18.9 Å². The molecule has 0 bridgehead atoms. The van der Waals surface area contributed by atoms with Crippen LogP contribution in [-0.4, -0.2) is 89.6 Å². The molecule has 68 heavy (non-hydrogen) atoms. The van der Waals surface area contributed by atoms with Gasteiger partial charge in [0.1, 0.15) is 30.5 Å². The van der Waals surface area contributed by atoms with Gasteiger partial charge in [-0.3, -0.25) is 4.79 Å². The molecule has 0 saturated carbocycles. The second-order valence-electron chi connectivity index (χ2n) is 20.5. The number of carbonyl (C=O) groups is 1. The molecule has 9 heteroatoms. The van der Waals surface area contributed by atoms with Gasteiger partial charge in [0.2, 0.25) is 0 Å². The molecule has 1 aliphatic rings. The van der Waals surface area contributed by atoms with Crippen molar-refractivity contribution in [3.8, 4) is 0 Å². The van der Waals surface area contributed by atoms with E-state index < -0.39 is 43.4 Å². The molecule has 1 saturated heterocycles. The van der Waals surface area contributed by atoms with Gasteiger partial charge in [0.25, 0.3) is 0 Å². The van der Waals surface area contributed by atoms with Gasteiger partial charge >= 0.3 is 5.97 Å². The molecule has 6 atom stereocenters. The highest BCUT2D eigenvalue weighted by Gasteiger charge is 2.44. The number of aliphatic hydroxyl groups is 4. The summed E-state index contributed by atoms with van der Waals surface area (Å²) in [6.45, 7) is 4.61. The minimum absolute atomic E-state index is 0.109. The van der Waals surface area contributed by atoms with Crippen LogP contribution in [0.1, 0.15) is 284 Å². The fourth-order valence-corrected chi connectivity index (χ4v) is 9.29. The Balaban J connectivity index is 2.13. The lowest BCUT2D eigenvalue weighted by Gasteiger charge is -2.39. The lowest BCUT2D eigenvalue weighted by molar-refractivity contribution is -0.305. The topological polar surface area (TPSA) is 135 Å². The number of carbonyl (C=O) groups excluding carboxylic acids is 1. The highest BCUT2D eigenvalue weighted by molar-refractivity contribution is 5.69. The van der Waals surface area contributed by atoms with Crippen LogP contribution in [0, 0.1) is 0 Å². The molecule has 0 aliphatic carbocycles. The quantitative estimate of drug-likeness (QED) is 0.0267. The van der Waals surface area contributed by atoms with Gasteiger partial charge in [0, 0.05) is 13.0 Å². The van der Waals surface area contributed by atoms with Gasteiger partial charge in [-0.05, 0) is 44.9 Å². The first-order valence-electron chi connectivity index (χ1n) is 29.4. The van der Waals surface area contributed by atoms with E-state index in [0.29, 0.717) is 13.0 Å². The van der Waals surface area contributed by atoms with Crippen LogP contribution in [0.4, 0.5) is 0 Å². The third kappa shape index (κ3) is 40.3. The van der Waals surface area contributed by atoms with Crippen molar-refractivity contribution < 1.29 is 44.2 Å². The number of allylic oxidation sites excluding steroid dienone is 4. The van der Waals surface area contributed by atoms with E-state index in [2.05, 4.69) is 38.2 Å². The van der Waals surface area contributed by atoms with Gasteiger partial charge in [0.15, 0.2) is 6.29 Å². The van der Waals surface area contributed by atoms with Crippen LogP contribution in [0.15, 0.2) is 24.3 Å². The van der Waals surface area contributed by atoms with Crippen LogP contribution >= 0.6 is 0 Å². The van der Waals surface area contributed by atoms with Gasteiger partial charge in [-0.1, -0.05) is 256 Å². The number of esters is 1. The van der Waals surface area contributed by atoms with Crippen molar-refractivity contribution in [3.63, 3.8) is 0 Å². The molecular formula is C59H112O9. The summed E-state index contributed by atoms with van der Waals surface area (Å²) in [6.07, 6.45) is 55.1. The summed E-state index contributed by atoms with van der Waals surface area (Å²) in [5.74, 6) is -0.306. The molecule has 0 spiro atoms. The smallest absolute Gasteiger partial charge is 0.306 e. The van der Waals surface area contributed by atoms with Crippen molar-refractivity contribution in [2.45, 2.75) is 320 Å². The average Bonchev–Trinajstić information content (AvgIpc) is 3.34. The molecule has 1 fully saturated rings. The highest BCUT2D eigenvalue weighted by Crippen LogP contribution is 2.23. The van der Waals surface area contributed by atoms with Crippen LogP contribution < -0.4 is 0 Å². The fourth-order valence-electron chi connectivity index (χ4n) is 9.29. The zero-order valence-corrected chi connectivity index (χ0v) is 44.6. The van der Waals surface area contributed by atoms with Crippen LogP contribution in [0.2, 0.25) is 0 Å². The Kier molecular flexibility index (Phi) is 48.1. The molecule has 0 aromatic rings. The molecule has 4 N–H and O–H groups in total. The molecule has 9 nitrogen and oxygen atoms in total. The lowest BCUT2D eigenvalue weighted by atomic mass is 9.99. The van der Waals surface area contributed by atoms with E-state index in [0.717, 1.165) is 38.5 Å². The van der Waals surface area contributed by atoms with Crippen molar-refractivity contribution in [1.82, 2.24) is 0 Å². The van der Waals surface area contributed by atoms with Crippen molar-refractivity contribution in [2.24, 2.45) is 0 Å².